The van der Waals surface area contributed by atoms with Crippen molar-refractivity contribution in [1.29, 1.82) is 0 Å². The number of rotatable bonds is 6. The lowest BCUT2D eigenvalue weighted by Gasteiger charge is -2.14. The first kappa shape index (κ1) is 17.4. The molecule has 0 spiro atoms. The molecule has 0 aromatic heterocycles. The SMILES string of the molecule is C=CCS(=O)(=O)c1ccc(-c2ccccc2)c(C(=O)O)c1C(=O)O. The Morgan fingerprint density at radius 3 is 2.04 bits per heavy atom. The van der Waals surface area contributed by atoms with E-state index in [9.17, 15) is 28.2 Å². The molecule has 0 amide bonds. The molecule has 0 saturated carbocycles. The maximum atomic E-state index is 12.3. The van der Waals surface area contributed by atoms with Crippen molar-refractivity contribution in [3.63, 3.8) is 0 Å². The molecule has 0 fully saturated rings. The van der Waals surface area contributed by atoms with Gasteiger partial charge in [0.1, 0.15) is 0 Å². The average molecular weight is 346 g/mol. The minimum atomic E-state index is -4.00. The molecule has 0 atom stereocenters. The van der Waals surface area contributed by atoms with Gasteiger partial charge in [-0.2, -0.15) is 0 Å². The van der Waals surface area contributed by atoms with Gasteiger partial charge >= 0.3 is 11.9 Å². The van der Waals surface area contributed by atoms with Gasteiger partial charge in [0.25, 0.3) is 0 Å². The Balaban J connectivity index is 2.90. The first-order valence-electron chi connectivity index (χ1n) is 6.82. The van der Waals surface area contributed by atoms with Gasteiger partial charge in [-0.05, 0) is 17.2 Å². The van der Waals surface area contributed by atoms with Crippen LogP contribution in [0.15, 0.2) is 60.0 Å². The monoisotopic (exact) mass is 346 g/mol. The summed E-state index contributed by atoms with van der Waals surface area (Å²) in [4.78, 5) is 22.8. The Hall–Kier alpha value is -2.93. The third kappa shape index (κ3) is 3.21. The molecule has 0 heterocycles. The van der Waals surface area contributed by atoms with E-state index in [0.717, 1.165) is 12.1 Å². The Morgan fingerprint density at radius 2 is 1.54 bits per heavy atom. The maximum absolute atomic E-state index is 12.3. The summed E-state index contributed by atoms with van der Waals surface area (Å²) in [6.07, 6.45) is 1.12. The molecule has 0 unspecified atom stereocenters. The molecular weight excluding hydrogens is 332 g/mol. The van der Waals surface area contributed by atoms with Crippen LogP contribution in [0.3, 0.4) is 0 Å². The number of hydrogen-bond acceptors (Lipinski definition) is 4. The van der Waals surface area contributed by atoms with Crippen molar-refractivity contribution in [2.45, 2.75) is 4.90 Å². The maximum Gasteiger partial charge on any atom is 0.337 e. The second-order valence-electron chi connectivity index (χ2n) is 4.91. The van der Waals surface area contributed by atoms with Crippen molar-refractivity contribution in [1.82, 2.24) is 0 Å². The molecule has 0 aliphatic heterocycles. The predicted molar refractivity (Wildman–Crippen MR) is 88.0 cm³/mol. The van der Waals surface area contributed by atoms with Crippen molar-refractivity contribution in [3.05, 3.63) is 66.2 Å². The highest BCUT2D eigenvalue weighted by Gasteiger charge is 2.29. The first-order chi connectivity index (χ1) is 11.3. The van der Waals surface area contributed by atoms with E-state index in [1.807, 2.05) is 0 Å². The largest absolute Gasteiger partial charge is 0.478 e. The van der Waals surface area contributed by atoms with E-state index in [1.165, 1.54) is 6.07 Å². The minimum absolute atomic E-state index is 0.137. The Kier molecular flexibility index (Phi) is 4.85. The van der Waals surface area contributed by atoms with Crippen molar-refractivity contribution < 1.29 is 28.2 Å². The van der Waals surface area contributed by atoms with Gasteiger partial charge in [0.2, 0.25) is 0 Å². The van der Waals surface area contributed by atoms with Gasteiger partial charge in [-0.25, -0.2) is 18.0 Å². The van der Waals surface area contributed by atoms with E-state index < -0.39 is 43.6 Å². The van der Waals surface area contributed by atoms with Crippen LogP contribution >= 0.6 is 0 Å². The molecule has 124 valence electrons. The van der Waals surface area contributed by atoms with Crippen molar-refractivity contribution >= 4 is 21.8 Å². The summed E-state index contributed by atoms with van der Waals surface area (Å²) < 4.78 is 24.5. The number of benzene rings is 2. The third-order valence-corrected chi connectivity index (χ3v) is 5.04. The minimum Gasteiger partial charge on any atom is -0.478 e. The molecule has 0 aliphatic carbocycles. The lowest BCUT2D eigenvalue weighted by molar-refractivity contribution is 0.0649. The van der Waals surface area contributed by atoms with E-state index >= 15 is 0 Å². The van der Waals surface area contributed by atoms with Gasteiger partial charge in [0.15, 0.2) is 9.84 Å². The van der Waals surface area contributed by atoms with Crippen LogP contribution in [-0.4, -0.2) is 36.3 Å². The zero-order valence-corrected chi connectivity index (χ0v) is 13.3. The highest BCUT2D eigenvalue weighted by molar-refractivity contribution is 7.91. The topological polar surface area (TPSA) is 109 Å². The summed E-state index contributed by atoms with van der Waals surface area (Å²) in [7, 11) is -4.00. The lowest BCUT2D eigenvalue weighted by Crippen LogP contribution is -2.17. The number of hydrogen-bond donors (Lipinski definition) is 2. The summed E-state index contributed by atoms with van der Waals surface area (Å²) in [5.74, 6) is -3.62. The lowest BCUT2D eigenvalue weighted by atomic mass is 9.95. The predicted octanol–water partition coefficient (Wildman–Crippen LogP) is 2.71. The second-order valence-corrected chi connectivity index (χ2v) is 6.91. The number of carboxylic acid groups (broad SMARTS) is 2. The first-order valence-corrected chi connectivity index (χ1v) is 8.47. The fourth-order valence-electron chi connectivity index (χ4n) is 2.38. The Labute approximate surface area is 138 Å². The van der Waals surface area contributed by atoms with Crippen LogP contribution in [0.2, 0.25) is 0 Å². The van der Waals surface area contributed by atoms with E-state index in [2.05, 4.69) is 6.58 Å². The van der Waals surface area contributed by atoms with Crippen molar-refractivity contribution in [3.8, 4) is 11.1 Å². The molecule has 2 aromatic rings. The van der Waals surface area contributed by atoms with Gasteiger partial charge in [0.05, 0.1) is 21.8 Å². The van der Waals surface area contributed by atoms with E-state index in [-0.39, 0.29) is 5.56 Å². The van der Waals surface area contributed by atoms with E-state index in [0.29, 0.717) is 5.56 Å². The Morgan fingerprint density at radius 1 is 0.958 bits per heavy atom. The van der Waals surface area contributed by atoms with Crippen LogP contribution < -0.4 is 0 Å². The number of carboxylic acids is 2. The summed E-state index contributed by atoms with van der Waals surface area (Å²) in [5, 5.41) is 18.9. The highest BCUT2D eigenvalue weighted by atomic mass is 32.2. The van der Waals surface area contributed by atoms with Gasteiger partial charge < -0.3 is 10.2 Å². The number of aromatic carboxylic acids is 2. The van der Waals surface area contributed by atoms with Crippen LogP contribution in [0, 0.1) is 0 Å². The molecule has 2 aromatic carbocycles. The summed E-state index contributed by atoms with van der Waals surface area (Å²) in [5.41, 5.74) is -0.687. The second kappa shape index (κ2) is 6.67. The molecule has 0 aliphatic rings. The standard InChI is InChI=1S/C17H14O6S/c1-2-10-24(22,23)13-9-8-12(11-6-4-3-5-7-11)14(16(18)19)15(13)17(20)21/h2-9H,1,10H2,(H,18,19)(H,20,21). The molecular formula is C17H14O6S. The number of sulfone groups is 1. The van der Waals surface area contributed by atoms with Crippen LogP contribution in [0.5, 0.6) is 0 Å². The van der Waals surface area contributed by atoms with Gasteiger partial charge in [-0.1, -0.05) is 42.5 Å². The zero-order valence-electron chi connectivity index (χ0n) is 12.5. The van der Waals surface area contributed by atoms with E-state index in [1.54, 1.807) is 30.3 Å². The quantitative estimate of drug-likeness (QED) is 0.779. The molecule has 0 saturated heterocycles. The fourth-order valence-corrected chi connectivity index (χ4v) is 3.65. The van der Waals surface area contributed by atoms with Crippen molar-refractivity contribution in [2.24, 2.45) is 0 Å². The molecule has 0 radical (unpaired) electrons. The van der Waals surface area contributed by atoms with Crippen LogP contribution in [0.25, 0.3) is 11.1 Å². The molecule has 0 bridgehead atoms. The molecule has 2 N–H and O–H groups in total. The van der Waals surface area contributed by atoms with Gasteiger partial charge in [0, 0.05) is 0 Å². The van der Waals surface area contributed by atoms with Crippen LogP contribution in [0.1, 0.15) is 20.7 Å². The molecule has 24 heavy (non-hydrogen) atoms. The van der Waals surface area contributed by atoms with Gasteiger partial charge in [-0.3, -0.25) is 0 Å². The zero-order chi connectivity index (χ0) is 17.9. The molecule has 7 heteroatoms. The van der Waals surface area contributed by atoms with Crippen LogP contribution in [-0.2, 0) is 9.84 Å². The normalized spacial score (nSPS) is 11.0. The summed E-state index contributed by atoms with van der Waals surface area (Å²) >= 11 is 0. The summed E-state index contributed by atoms with van der Waals surface area (Å²) in [6.45, 7) is 3.33. The van der Waals surface area contributed by atoms with Crippen molar-refractivity contribution in [2.75, 3.05) is 5.75 Å². The van der Waals surface area contributed by atoms with Gasteiger partial charge in [-0.15, -0.1) is 6.58 Å². The fraction of sp³-hybridized carbons (Fsp3) is 0.0588. The molecule has 2 rings (SSSR count). The smallest absolute Gasteiger partial charge is 0.337 e. The highest BCUT2D eigenvalue weighted by Crippen LogP contribution is 2.31. The van der Waals surface area contributed by atoms with Crippen LogP contribution in [0.4, 0.5) is 0 Å². The summed E-state index contributed by atoms with van der Waals surface area (Å²) in [6, 6.07) is 10.7. The number of carbonyl (C=O) groups is 2. The molecule has 6 nitrogen and oxygen atoms in total. The van der Waals surface area contributed by atoms with E-state index in [4.69, 9.17) is 0 Å². The Bertz CT molecular complexity index is 914. The average Bonchev–Trinajstić information content (AvgIpc) is 2.54. The third-order valence-electron chi connectivity index (χ3n) is 3.35.